The number of benzene rings is 1. The number of carboxylic acids is 1. The summed E-state index contributed by atoms with van der Waals surface area (Å²) in [5.41, 5.74) is 1.27. The lowest BCUT2D eigenvalue weighted by Crippen LogP contribution is -2.25. The topological polar surface area (TPSA) is 40.5 Å². The van der Waals surface area contributed by atoms with Gasteiger partial charge >= 0.3 is 5.97 Å². The molecule has 3 nitrogen and oxygen atoms in total. The molecule has 0 aliphatic heterocycles. The van der Waals surface area contributed by atoms with Gasteiger partial charge in [0.1, 0.15) is 0 Å². The van der Waals surface area contributed by atoms with Crippen LogP contribution in [0.1, 0.15) is 45.4 Å². The van der Waals surface area contributed by atoms with Gasteiger partial charge in [-0.05, 0) is 31.4 Å². The Balaban J connectivity index is 2.36. The Bertz CT molecular complexity index is 351. The standard InChI is InChI=1S/C16H25NO2/c1-2-3-13-17(15-10-6-4-7-11-15)14-9-5-8-12-16(18)19/h4,6-7,10-11H,2-3,5,8-9,12-14H2,1H3,(H,18,19). The van der Waals surface area contributed by atoms with E-state index in [0.29, 0.717) is 6.42 Å². The van der Waals surface area contributed by atoms with Crippen LogP contribution in [-0.2, 0) is 4.79 Å². The van der Waals surface area contributed by atoms with Crippen LogP contribution in [0.25, 0.3) is 0 Å². The number of rotatable bonds is 10. The minimum absolute atomic E-state index is 0.292. The number of hydrogen-bond acceptors (Lipinski definition) is 2. The summed E-state index contributed by atoms with van der Waals surface area (Å²) in [6.07, 6.45) is 5.52. The van der Waals surface area contributed by atoms with Gasteiger partial charge in [0, 0.05) is 25.2 Å². The largest absolute Gasteiger partial charge is 0.481 e. The molecule has 0 atom stereocenters. The van der Waals surface area contributed by atoms with Crippen LogP contribution in [0.5, 0.6) is 0 Å². The summed E-state index contributed by atoms with van der Waals surface area (Å²) in [6, 6.07) is 10.5. The molecule has 0 bridgehead atoms. The van der Waals surface area contributed by atoms with Crippen LogP contribution in [-0.4, -0.2) is 24.2 Å². The molecule has 0 aromatic heterocycles. The Hall–Kier alpha value is -1.51. The first-order chi connectivity index (χ1) is 9.24. The molecule has 0 spiro atoms. The highest BCUT2D eigenvalue weighted by Crippen LogP contribution is 2.15. The summed E-state index contributed by atoms with van der Waals surface area (Å²) in [4.78, 5) is 12.9. The van der Waals surface area contributed by atoms with Crippen molar-refractivity contribution in [1.29, 1.82) is 0 Å². The molecular weight excluding hydrogens is 238 g/mol. The Morgan fingerprint density at radius 2 is 1.74 bits per heavy atom. The number of carboxylic acid groups (broad SMARTS) is 1. The molecule has 0 amide bonds. The van der Waals surface area contributed by atoms with Gasteiger partial charge in [-0.3, -0.25) is 4.79 Å². The fourth-order valence-corrected chi connectivity index (χ4v) is 2.11. The highest BCUT2D eigenvalue weighted by atomic mass is 16.4. The van der Waals surface area contributed by atoms with E-state index in [-0.39, 0.29) is 0 Å². The lowest BCUT2D eigenvalue weighted by Gasteiger charge is -2.24. The van der Waals surface area contributed by atoms with Gasteiger partial charge in [-0.25, -0.2) is 0 Å². The van der Waals surface area contributed by atoms with E-state index in [1.165, 1.54) is 18.5 Å². The van der Waals surface area contributed by atoms with Crippen LogP contribution in [0.4, 0.5) is 5.69 Å². The van der Waals surface area contributed by atoms with E-state index in [1.54, 1.807) is 0 Å². The first-order valence-electron chi connectivity index (χ1n) is 7.26. The van der Waals surface area contributed by atoms with Crippen LogP contribution in [0.3, 0.4) is 0 Å². The molecule has 0 aliphatic carbocycles. The zero-order valence-electron chi connectivity index (χ0n) is 11.8. The number of aliphatic carboxylic acids is 1. The maximum atomic E-state index is 10.4. The van der Waals surface area contributed by atoms with Crippen LogP contribution in [0.2, 0.25) is 0 Å². The third-order valence-electron chi connectivity index (χ3n) is 3.22. The molecule has 106 valence electrons. The molecule has 19 heavy (non-hydrogen) atoms. The second kappa shape index (κ2) is 9.42. The predicted molar refractivity (Wildman–Crippen MR) is 79.7 cm³/mol. The molecule has 1 aromatic carbocycles. The molecule has 0 heterocycles. The summed E-state index contributed by atoms with van der Waals surface area (Å²) >= 11 is 0. The highest BCUT2D eigenvalue weighted by molar-refractivity contribution is 5.66. The van der Waals surface area contributed by atoms with Crippen molar-refractivity contribution in [1.82, 2.24) is 0 Å². The zero-order valence-corrected chi connectivity index (χ0v) is 11.8. The van der Waals surface area contributed by atoms with Crippen molar-refractivity contribution < 1.29 is 9.90 Å². The smallest absolute Gasteiger partial charge is 0.303 e. The summed E-state index contributed by atoms with van der Waals surface area (Å²) in [6.45, 7) is 4.30. The average molecular weight is 263 g/mol. The highest BCUT2D eigenvalue weighted by Gasteiger charge is 2.05. The van der Waals surface area contributed by atoms with Crippen LogP contribution in [0.15, 0.2) is 30.3 Å². The predicted octanol–water partition coefficient (Wildman–Crippen LogP) is 3.94. The van der Waals surface area contributed by atoms with Crippen molar-refractivity contribution in [2.75, 3.05) is 18.0 Å². The van der Waals surface area contributed by atoms with Crippen molar-refractivity contribution in [2.45, 2.75) is 45.4 Å². The van der Waals surface area contributed by atoms with E-state index >= 15 is 0 Å². The number of carbonyl (C=O) groups is 1. The van der Waals surface area contributed by atoms with Crippen LogP contribution in [0, 0.1) is 0 Å². The summed E-state index contributed by atoms with van der Waals surface area (Å²) in [5.74, 6) is -0.689. The van der Waals surface area contributed by atoms with Crippen molar-refractivity contribution in [2.24, 2.45) is 0 Å². The van der Waals surface area contributed by atoms with E-state index in [2.05, 4.69) is 36.1 Å². The number of para-hydroxylation sites is 1. The average Bonchev–Trinajstić information content (AvgIpc) is 2.42. The zero-order chi connectivity index (χ0) is 13.9. The number of anilines is 1. The number of hydrogen-bond donors (Lipinski definition) is 1. The first kappa shape index (κ1) is 15.5. The molecule has 0 saturated heterocycles. The van der Waals surface area contributed by atoms with Crippen molar-refractivity contribution >= 4 is 11.7 Å². The minimum Gasteiger partial charge on any atom is -0.481 e. The van der Waals surface area contributed by atoms with E-state index in [0.717, 1.165) is 32.4 Å². The molecule has 1 rings (SSSR count). The van der Waals surface area contributed by atoms with Gasteiger partial charge in [-0.1, -0.05) is 38.0 Å². The third kappa shape index (κ3) is 6.85. The molecule has 0 fully saturated rings. The van der Waals surface area contributed by atoms with Gasteiger partial charge < -0.3 is 10.0 Å². The maximum absolute atomic E-state index is 10.4. The molecule has 1 N–H and O–H groups in total. The van der Waals surface area contributed by atoms with Crippen LogP contribution >= 0.6 is 0 Å². The fraction of sp³-hybridized carbons (Fsp3) is 0.562. The normalized spacial score (nSPS) is 10.4. The molecule has 0 radical (unpaired) electrons. The van der Waals surface area contributed by atoms with Gasteiger partial charge in [-0.2, -0.15) is 0 Å². The Morgan fingerprint density at radius 3 is 2.37 bits per heavy atom. The van der Waals surface area contributed by atoms with Crippen molar-refractivity contribution in [3.8, 4) is 0 Å². The molecular formula is C16H25NO2. The quantitative estimate of drug-likeness (QED) is 0.650. The summed E-state index contributed by atoms with van der Waals surface area (Å²) in [5, 5.41) is 8.61. The van der Waals surface area contributed by atoms with E-state index < -0.39 is 5.97 Å². The lowest BCUT2D eigenvalue weighted by molar-refractivity contribution is -0.137. The van der Waals surface area contributed by atoms with Gasteiger partial charge in [0.05, 0.1) is 0 Å². The Kier molecular flexibility index (Phi) is 7.71. The summed E-state index contributed by atoms with van der Waals surface area (Å²) < 4.78 is 0. The molecule has 0 unspecified atom stereocenters. The van der Waals surface area contributed by atoms with Crippen LogP contribution < -0.4 is 4.90 Å². The van der Waals surface area contributed by atoms with Gasteiger partial charge in [0.15, 0.2) is 0 Å². The fourth-order valence-electron chi connectivity index (χ4n) is 2.11. The SMILES string of the molecule is CCCCN(CCCCCC(=O)O)c1ccccc1. The van der Waals surface area contributed by atoms with Crippen molar-refractivity contribution in [3.63, 3.8) is 0 Å². The molecule has 0 saturated carbocycles. The van der Waals surface area contributed by atoms with E-state index in [4.69, 9.17) is 5.11 Å². The van der Waals surface area contributed by atoms with Gasteiger partial charge in [0.2, 0.25) is 0 Å². The maximum Gasteiger partial charge on any atom is 0.303 e. The van der Waals surface area contributed by atoms with E-state index in [1.807, 2.05) is 6.07 Å². The molecule has 0 aliphatic rings. The summed E-state index contributed by atoms with van der Waals surface area (Å²) in [7, 11) is 0. The lowest BCUT2D eigenvalue weighted by atomic mass is 10.1. The van der Waals surface area contributed by atoms with Crippen molar-refractivity contribution in [3.05, 3.63) is 30.3 Å². The minimum atomic E-state index is -0.689. The van der Waals surface area contributed by atoms with Gasteiger partial charge in [0.25, 0.3) is 0 Å². The second-order valence-electron chi connectivity index (χ2n) is 4.88. The Labute approximate surface area is 116 Å². The van der Waals surface area contributed by atoms with E-state index in [9.17, 15) is 4.79 Å². The number of nitrogens with zero attached hydrogens (tertiary/aromatic N) is 1. The number of unbranched alkanes of at least 4 members (excludes halogenated alkanes) is 3. The first-order valence-corrected chi connectivity index (χ1v) is 7.26. The van der Waals surface area contributed by atoms with Gasteiger partial charge in [-0.15, -0.1) is 0 Å². The molecule has 3 heteroatoms. The third-order valence-corrected chi connectivity index (χ3v) is 3.22. The second-order valence-corrected chi connectivity index (χ2v) is 4.88. The monoisotopic (exact) mass is 263 g/mol. The molecule has 1 aromatic rings. The Morgan fingerprint density at radius 1 is 1.05 bits per heavy atom.